The van der Waals surface area contributed by atoms with Crippen molar-refractivity contribution < 1.29 is 39.5 Å². The molecule has 0 bridgehead atoms. The molecule has 308 valence electrons. The van der Waals surface area contributed by atoms with Crippen molar-refractivity contribution in [1.82, 2.24) is 15.0 Å². The summed E-state index contributed by atoms with van der Waals surface area (Å²) < 4.78 is 93.8. The number of sulfone groups is 1. The Bertz CT molecular complexity index is 3130. The van der Waals surface area contributed by atoms with Crippen LogP contribution in [0.25, 0.3) is 10.8 Å². The van der Waals surface area contributed by atoms with Crippen LogP contribution in [0.3, 0.4) is 0 Å². The van der Waals surface area contributed by atoms with Crippen LogP contribution < -0.4 is 16.0 Å². The number of nitrogen functional groups attached to an aromatic ring is 1. The molecule has 1 heterocycles. The number of nitrogens with two attached hydrogens (primary N) is 1. The summed E-state index contributed by atoms with van der Waals surface area (Å²) in [6.45, 7) is 6.96. The van der Waals surface area contributed by atoms with Gasteiger partial charge < -0.3 is 21.1 Å². The van der Waals surface area contributed by atoms with Crippen LogP contribution in [-0.4, -0.2) is 61.5 Å². The largest absolute Gasteiger partial charge is 0.505 e. The molecule has 0 aliphatic heterocycles. The van der Waals surface area contributed by atoms with Gasteiger partial charge in [0.25, 0.3) is 20.2 Å². The second-order valence-corrected chi connectivity index (χ2v) is 17.5. The molecule has 0 fully saturated rings. The first-order valence-corrected chi connectivity index (χ1v) is 21.7. The van der Waals surface area contributed by atoms with Crippen molar-refractivity contribution in [2.24, 2.45) is 20.5 Å². The molecule has 0 saturated carbocycles. The van der Waals surface area contributed by atoms with Gasteiger partial charge in [0.2, 0.25) is 17.2 Å². The third-order valence-electron chi connectivity index (χ3n) is 8.48. The minimum Gasteiger partial charge on any atom is -0.505 e. The number of azo groups is 2. The monoisotopic (exact) mass is 890 g/mol. The predicted molar refractivity (Wildman–Crippen MR) is 225 cm³/mol. The number of anilines is 5. The zero-order chi connectivity index (χ0) is 43.6. The minimum atomic E-state index is -5.01. The molecule has 60 heavy (non-hydrogen) atoms. The number of phenolic OH excluding ortho intramolecular Hbond substituents is 1. The first-order valence-electron chi connectivity index (χ1n) is 16.9. The van der Waals surface area contributed by atoms with Crippen LogP contribution in [0.4, 0.5) is 51.7 Å². The van der Waals surface area contributed by atoms with Crippen LogP contribution in [0.5, 0.6) is 5.75 Å². The number of rotatable bonds is 14. The average Bonchev–Trinajstić information content (AvgIpc) is 3.19. The fourth-order valence-electron chi connectivity index (χ4n) is 5.59. The predicted octanol–water partition coefficient (Wildman–Crippen LogP) is 8.45. The summed E-state index contributed by atoms with van der Waals surface area (Å²) >= 11 is 6.22. The van der Waals surface area contributed by atoms with Gasteiger partial charge >= 0.3 is 0 Å². The molecule has 6 N–H and O–H groups in total. The van der Waals surface area contributed by atoms with E-state index in [0.29, 0.717) is 23.4 Å². The molecule has 0 amide bonds. The van der Waals surface area contributed by atoms with Crippen molar-refractivity contribution >= 4 is 104 Å². The Morgan fingerprint density at radius 1 is 0.817 bits per heavy atom. The van der Waals surface area contributed by atoms with Gasteiger partial charge in [0.05, 0.1) is 21.7 Å². The third-order valence-corrected chi connectivity index (χ3v) is 11.7. The topological polar surface area (TPSA) is 293 Å². The summed E-state index contributed by atoms with van der Waals surface area (Å²) in [5.41, 5.74) is 6.53. The number of phenols is 1. The number of hydrogen-bond acceptors (Lipinski definition) is 17. The number of nitrogens with zero attached hydrogens (tertiary/aromatic N) is 8. The quantitative estimate of drug-likeness (QED) is 0.0297. The van der Waals surface area contributed by atoms with E-state index in [1.807, 2.05) is 0 Å². The van der Waals surface area contributed by atoms with Crippen molar-refractivity contribution in [3.05, 3.63) is 120 Å². The minimum absolute atomic E-state index is 0.00289. The zero-order valence-corrected chi connectivity index (χ0v) is 34.1. The fourth-order valence-corrected chi connectivity index (χ4v) is 7.83. The first-order chi connectivity index (χ1) is 28.3. The van der Waals surface area contributed by atoms with Gasteiger partial charge in [-0.25, -0.2) is 8.42 Å². The summed E-state index contributed by atoms with van der Waals surface area (Å²) in [6, 6.07) is 19.8. The molecule has 0 atom stereocenters. The van der Waals surface area contributed by atoms with Gasteiger partial charge in [0.1, 0.15) is 26.9 Å². The van der Waals surface area contributed by atoms with E-state index in [0.717, 1.165) is 11.5 Å². The molecule has 5 aromatic carbocycles. The van der Waals surface area contributed by atoms with E-state index < -0.39 is 51.3 Å². The lowest BCUT2D eigenvalue weighted by atomic mass is 10.1. The van der Waals surface area contributed by atoms with Crippen LogP contribution in [0.15, 0.2) is 145 Å². The highest BCUT2D eigenvalue weighted by molar-refractivity contribution is 7.94. The fraction of sp³-hybridized carbons (Fsp3) is 0.0541. The molecule has 1 aromatic heterocycles. The molecule has 0 radical (unpaired) electrons. The molecule has 0 saturated heterocycles. The molecule has 19 nitrogen and oxygen atoms in total. The van der Waals surface area contributed by atoms with Crippen LogP contribution in [0.2, 0.25) is 5.28 Å². The van der Waals surface area contributed by atoms with Gasteiger partial charge in [-0.1, -0.05) is 36.9 Å². The van der Waals surface area contributed by atoms with Crippen molar-refractivity contribution in [2.75, 3.05) is 23.0 Å². The van der Waals surface area contributed by atoms with Crippen molar-refractivity contribution in [1.29, 1.82) is 0 Å². The second-order valence-electron chi connectivity index (χ2n) is 12.5. The third kappa shape index (κ3) is 9.44. The highest BCUT2D eigenvalue weighted by Gasteiger charge is 2.24. The molecule has 0 aliphatic rings. The Balaban J connectivity index is 1.32. The maximum Gasteiger partial charge on any atom is 0.296 e. The number of allylic oxidation sites excluding steroid dienone is 1. The molecule has 6 aromatic rings. The molecule has 6 rings (SSSR count). The number of fused-ring (bicyclic) bond motifs is 1. The van der Waals surface area contributed by atoms with E-state index in [9.17, 15) is 39.5 Å². The van der Waals surface area contributed by atoms with Crippen LogP contribution in [-0.2, 0) is 36.5 Å². The smallest absolute Gasteiger partial charge is 0.296 e. The molecule has 0 aliphatic carbocycles. The zero-order valence-electron chi connectivity index (χ0n) is 30.9. The Morgan fingerprint density at radius 2 is 1.52 bits per heavy atom. The van der Waals surface area contributed by atoms with E-state index in [2.05, 4.69) is 53.9 Å². The summed E-state index contributed by atoms with van der Waals surface area (Å²) in [6.07, 6.45) is 1.85. The molecular weight excluding hydrogens is 860 g/mol. The molecule has 0 unspecified atom stereocenters. The molecule has 23 heteroatoms. The van der Waals surface area contributed by atoms with Gasteiger partial charge in [0.15, 0.2) is 15.6 Å². The van der Waals surface area contributed by atoms with Crippen LogP contribution in [0, 0.1) is 0 Å². The van der Waals surface area contributed by atoms with Crippen molar-refractivity contribution in [3.8, 4) is 5.75 Å². The molecule has 0 spiro atoms. The maximum absolute atomic E-state index is 12.5. The van der Waals surface area contributed by atoms with Crippen molar-refractivity contribution in [3.63, 3.8) is 0 Å². The Labute approximate surface area is 347 Å². The lowest BCUT2D eigenvalue weighted by Gasteiger charge is -2.18. The highest BCUT2D eigenvalue weighted by Crippen LogP contribution is 2.46. The highest BCUT2D eigenvalue weighted by atomic mass is 35.5. The number of aromatic nitrogens is 3. The maximum atomic E-state index is 12.5. The van der Waals surface area contributed by atoms with E-state index in [1.165, 1.54) is 53.4 Å². The number of nitrogens with one attached hydrogen (secondary N) is 1. The summed E-state index contributed by atoms with van der Waals surface area (Å²) in [5, 5.41) is 30.9. The number of benzene rings is 5. The standard InChI is InChI=1S/C37H31ClN10O9S3/c1-4-8-21-13-15-27(29(17-21)59(52,53)54)45-46-28-16-14-22-18-30(60(55,56)57)33(34(49)31(22)32(28)39)47-44-24-10-6-9-23(19-24)40-36-41-35(38)42-37(43-36)48(3)25-11-7-12-26(20-25)58(50,51)5-2/h4-7,9-20,49H,1-2,8,39H2,3H3,(H,52,53,54)(H,55,56,57)(H,40,41,42,43)/b46-45+,47-44+. The summed E-state index contributed by atoms with van der Waals surface area (Å²) in [4.78, 5) is 12.8. The summed E-state index contributed by atoms with van der Waals surface area (Å²) in [7, 11) is -11.9. The first kappa shape index (κ1) is 42.9. The van der Waals surface area contributed by atoms with Gasteiger partial charge in [-0.15, -0.1) is 21.9 Å². The summed E-state index contributed by atoms with van der Waals surface area (Å²) in [5.74, 6) is -0.774. The Morgan fingerprint density at radius 3 is 2.22 bits per heavy atom. The van der Waals surface area contributed by atoms with Gasteiger partial charge in [-0.05, 0) is 89.6 Å². The van der Waals surface area contributed by atoms with Gasteiger partial charge in [0, 0.05) is 23.8 Å². The Hall–Kier alpha value is -6.69. The van der Waals surface area contributed by atoms with Crippen LogP contribution in [0.1, 0.15) is 5.56 Å². The molecular formula is C37H31ClN10O9S3. The number of halogens is 1. The van der Waals surface area contributed by atoms with E-state index in [4.69, 9.17) is 17.3 Å². The van der Waals surface area contributed by atoms with E-state index in [-0.39, 0.29) is 55.6 Å². The normalized spacial score (nSPS) is 12.3. The van der Waals surface area contributed by atoms with Crippen LogP contribution >= 0.6 is 11.6 Å². The second kappa shape index (κ2) is 16.9. The lowest BCUT2D eigenvalue weighted by Crippen LogP contribution is -2.15. The number of aromatic hydroxyl groups is 1. The Kier molecular flexibility index (Phi) is 12.1. The van der Waals surface area contributed by atoms with Gasteiger partial charge in [-0.2, -0.15) is 36.9 Å². The van der Waals surface area contributed by atoms with Crippen molar-refractivity contribution in [2.45, 2.75) is 21.1 Å². The average molecular weight is 891 g/mol. The van der Waals surface area contributed by atoms with E-state index >= 15 is 0 Å². The van der Waals surface area contributed by atoms with E-state index in [1.54, 1.807) is 43.5 Å². The lowest BCUT2D eigenvalue weighted by molar-refractivity contribution is 0.472. The SMILES string of the molecule is C=CCc1ccc(/N=N/c2ccc3cc(S(=O)(=O)O)c(/N=N/c4cccc(Nc5nc(Cl)nc(N(C)c6cccc(S(=O)(=O)C=C)c6)n5)c4)c(O)c3c2N)c(S(=O)(=O)O)c1. The number of hydrogen-bond donors (Lipinski definition) is 5. The van der Waals surface area contributed by atoms with Gasteiger partial charge in [-0.3, -0.25) is 9.11 Å².